The molecule has 5 nitrogen and oxygen atoms in total. The highest BCUT2D eigenvalue weighted by Crippen LogP contribution is 2.24. The van der Waals surface area contributed by atoms with Crippen molar-refractivity contribution < 1.29 is 13.2 Å². The number of anilines is 2. The van der Waals surface area contributed by atoms with Crippen LogP contribution in [0.15, 0.2) is 71.6 Å². The number of halogens is 1. The maximum atomic E-state index is 12.6. The van der Waals surface area contributed by atoms with E-state index < -0.39 is 10.0 Å². The van der Waals surface area contributed by atoms with Crippen molar-refractivity contribution in [3.8, 4) is 0 Å². The number of hydrogen-bond acceptors (Lipinski definition) is 3. The molecule has 0 saturated carbocycles. The molecule has 3 rings (SSSR count). The lowest BCUT2D eigenvalue weighted by Gasteiger charge is -2.14. The number of nitrogens with one attached hydrogen (secondary N) is 2. The molecular weight excluding hydrogens is 396 g/mol. The zero-order valence-electron chi connectivity index (χ0n) is 15.4. The van der Waals surface area contributed by atoms with E-state index in [2.05, 4.69) is 10.0 Å². The van der Waals surface area contributed by atoms with Gasteiger partial charge in [0.05, 0.1) is 10.6 Å². The van der Waals surface area contributed by atoms with Crippen LogP contribution < -0.4 is 10.0 Å². The van der Waals surface area contributed by atoms with Crippen molar-refractivity contribution in [3.05, 3.63) is 88.4 Å². The fourth-order valence-electron chi connectivity index (χ4n) is 2.64. The molecule has 28 heavy (non-hydrogen) atoms. The van der Waals surface area contributed by atoms with E-state index in [1.54, 1.807) is 73.7 Å². The van der Waals surface area contributed by atoms with Crippen molar-refractivity contribution in [2.75, 3.05) is 10.0 Å². The van der Waals surface area contributed by atoms with Gasteiger partial charge in [-0.2, -0.15) is 0 Å². The fourth-order valence-corrected chi connectivity index (χ4v) is 3.89. The van der Waals surface area contributed by atoms with Gasteiger partial charge in [0.2, 0.25) is 0 Å². The first-order chi connectivity index (χ1) is 13.3. The summed E-state index contributed by atoms with van der Waals surface area (Å²) in [5.41, 5.74) is 2.82. The highest BCUT2D eigenvalue weighted by Gasteiger charge is 2.18. The number of amides is 1. The van der Waals surface area contributed by atoms with Gasteiger partial charge < -0.3 is 5.32 Å². The first-order valence-electron chi connectivity index (χ1n) is 8.52. The molecule has 0 saturated heterocycles. The predicted octanol–water partition coefficient (Wildman–Crippen LogP) is 5.01. The van der Waals surface area contributed by atoms with Gasteiger partial charge in [0.15, 0.2) is 0 Å². The number of sulfonamides is 1. The van der Waals surface area contributed by atoms with Gasteiger partial charge in [0.25, 0.3) is 15.9 Å². The van der Waals surface area contributed by atoms with Gasteiger partial charge >= 0.3 is 0 Å². The Hall–Kier alpha value is -2.83. The minimum absolute atomic E-state index is 0.161. The molecule has 3 aromatic rings. The molecule has 0 atom stereocenters. The van der Waals surface area contributed by atoms with Gasteiger partial charge in [0, 0.05) is 16.3 Å². The molecule has 0 radical (unpaired) electrons. The molecule has 0 fully saturated rings. The van der Waals surface area contributed by atoms with Crippen LogP contribution in [0.25, 0.3) is 0 Å². The lowest BCUT2D eigenvalue weighted by molar-refractivity contribution is 0.102. The smallest absolute Gasteiger partial charge is 0.261 e. The van der Waals surface area contributed by atoms with E-state index in [1.807, 2.05) is 6.92 Å². The SMILES string of the molecule is Cc1ccc(S(=O)(=O)Nc2cccc(C(=O)Nc3ccc(Cl)cc3)c2C)cc1. The summed E-state index contributed by atoms with van der Waals surface area (Å²) < 4.78 is 27.9. The second-order valence-electron chi connectivity index (χ2n) is 6.36. The van der Waals surface area contributed by atoms with Gasteiger partial charge in [-0.1, -0.05) is 35.4 Å². The zero-order chi connectivity index (χ0) is 20.3. The van der Waals surface area contributed by atoms with E-state index in [4.69, 9.17) is 11.6 Å². The molecule has 0 aliphatic carbocycles. The minimum Gasteiger partial charge on any atom is -0.322 e. The molecule has 7 heteroatoms. The Morgan fingerprint density at radius 1 is 0.893 bits per heavy atom. The molecule has 144 valence electrons. The molecule has 0 bridgehead atoms. The Morgan fingerprint density at radius 3 is 2.18 bits per heavy atom. The van der Waals surface area contributed by atoms with Gasteiger partial charge in [-0.3, -0.25) is 9.52 Å². The topological polar surface area (TPSA) is 75.3 Å². The van der Waals surface area contributed by atoms with Crippen LogP contribution in [-0.4, -0.2) is 14.3 Å². The number of rotatable bonds is 5. The summed E-state index contributed by atoms with van der Waals surface area (Å²) in [6.07, 6.45) is 0. The molecule has 0 aromatic heterocycles. The van der Waals surface area contributed by atoms with E-state index >= 15 is 0 Å². The first kappa shape index (κ1) is 19.9. The van der Waals surface area contributed by atoms with Crippen molar-refractivity contribution in [3.63, 3.8) is 0 Å². The Morgan fingerprint density at radius 2 is 1.54 bits per heavy atom. The third kappa shape index (κ3) is 4.52. The van der Waals surface area contributed by atoms with Crippen LogP contribution in [0.3, 0.4) is 0 Å². The molecule has 0 spiro atoms. The number of aryl methyl sites for hydroxylation is 1. The number of hydrogen-bond donors (Lipinski definition) is 2. The summed E-state index contributed by atoms with van der Waals surface area (Å²) in [5, 5.41) is 3.35. The van der Waals surface area contributed by atoms with Crippen molar-refractivity contribution >= 4 is 38.9 Å². The number of carbonyl (C=O) groups is 1. The molecule has 2 N–H and O–H groups in total. The lowest BCUT2D eigenvalue weighted by atomic mass is 10.1. The highest BCUT2D eigenvalue weighted by atomic mass is 35.5. The fraction of sp³-hybridized carbons (Fsp3) is 0.0952. The normalized spacial score (nSPS) is 11.1. The average molecular weight is 415 g/mol. The number of carbonyl (C=O) groups excluding carboxylic acids is 1. The molecule has 0 aliphatic heterocycles. The van der Waals surface area contributed by atoms with Crippen LogP contribution in [0.2, 0.25) is 5.02 Å². The summed E-state index contributed by atoms with van der Waals surface area (Å²) >= 11 is 5.85. The maximum Gasteiger partial charge on any atom is 0.261 e. The average Bonchev–Trinajstić information content (AvgIpc) is 2.65. The summed E-state index contributed by atoms with van der Waals surface area (Å²) in [7, 11) is -3.76. The maximum absolute atomic E-state index is 12.6. The Labute approximate surface area is 169 Å². The quantitative estimate of drug-likeness (QED) is 0.616. The van der Waals surface area contributed by atoms with E-state index in [9.17, 15) is 13.2 Å². The molecule has 0 heterocycles. The zero-order valence-corrected chi connectivity index (χ0v) is 16.9. The number of benzene rings is 3. The van der Waals surface area contributed by atoms with Crippen molar-refractivity contribution in [1.29, 1.82) is 0 Å². The third-order valence-corrected chi connectivity index (χ3v) is 5.89. The van der Waals surface area contributed by atoms with E-state index in [0.717, 1.165) is 5.56 Å². The molecular formula is C21H19ClN2O3S. The monoisotopic (exact) mass is 414 g/mol. The van der Waals surface area contributed by atoms with Crippen LogP contribution in [-0.2, 0) is 10.0 Å². The largest absolute Gasteiger partial charge is 0.322 e. The van der Waals surface area contributed by atoms with Crippen LogP contribution in [0, 0.1) is 13.8 Å². The molecule has 1 amide bonds. The Bertz CT molecular complexity index is 1110. The Balaban J connectivity index is 1.85. The van der Waals surface area contributed by atoms with Crippen LogP contribution in [0.5, 0.6) is 0 Å². The second kappa shape index (κ2) is 8.04. The standard InChI is InChI=1S/C21H19ClN2O3S/c1-14-6-12-18(13-7-14)28(26,27)24-20-5-3-4-19(15(20)2)21(25)23-17-10-8-16(22)9-11-17/h3-13,24H,1-2H3,(H,23,25). The van der Waals surface area contributed by atoms with E-state index in [0.29, 0.717) is 27.5 Å². The van der Waals surface area contributed by atoms with Crippen molar-refractivity contribution in [2.24, 2.45) is 0 Å². The summed E-state index contributed by atoms with van der Waals surface area (Å²) in [6, 6.07) is 18.2. The van der Waals surface area contributed by atoms with Crippen LogP contribution >= 0.6 is 11.6 Å². The summed E-state index contributed by atoms with van der Waals surface area (Å²) in [5.74, 6) is -0.337. The highest BCUT2D eigenvalue weighted by molar-refractivity contribution is 7.92. The van der Waals surface area contributed by atoms with Gasteiger partial charge in [-0.15, -0.1) is 0 Å². The third-order valence-electron chi connectivity index (χ3n) is 4.26. The van der Waals surface area contributed by atoms with Crippen LogP contribution in [0.1, 0.15) is 21.5 Å². The van der Waals surface area contributed by atoms with Crippen LogP contribution in [0.4, 0.5) is 11.4 Å². The second-order valence-corrected chi connectivity index (χ2v) is 8.48. The van der Waals surface area contributed by atoms with E-state index in [-0.39, 0.29) is 10.8 Å². The van der Waals surface area contributed by atoms with Gasteiger partial charge in [-0.05, 0) is 67.9 Å². The predicted molar refractivity (Wildman–Crippen MR) is 113 cm³/mol. The first-order valence-corrected chi connectivity index (χ1v) is 10.4. The van der Waals surface area contributed by atoms with Gasteiger partial charge in [0.1, 0.15) is 0 Å². The minimum atomic E-state index is -3.76. The summed E-state index contributed by atoms with van der Waals surface area (Å²) in [6.45, 7) is 3.58. The van der Waals surface area contributed by atoms with Crippen molar-refractivity contribution in [1.82, 2.24) is 0 Å². The van der Waals surface area contributed by atoms with E-state index in [1.165, 1.54) is 0 Å². The Kier molecular flexibility index (Phi) is 5.72. The molecule has 0 unspecified atom stereocenters. The molecule has 3 aromatic carbocycles. The molecule has 0 aliphatic rings. The lowest BCUT2D eigenvalue weighted by Crippen LogP contribution is -2.17. The summed E-state index contributed by atoms with van der Waals surface area (Å²) in [4.78, 5) is 12.8. The van der Waals surface area contributed by atoms with Gasteiger partial charge in [-0.25, -0.2) is 8.42 Å². The van der Waals surface area contributed by atoms with Crippen molar-refractivity contribution in [2.45, 2.75) is 18.7 Å².